The molecule has 0 bridgehead atoms. The Morgan fingerprint density at radius 1 is 1.42 bits per heavy atom. The first-order valence-corrected chi connectivity index (χ1v) is 7.09. The summed E-state index contributed by atoms with van der Waals surface area (Å²) in [6.07, 6.45) is 4.98. The van der Waals surface area contributed by atoms with Crippen molar-refractivity contribution in [2.24, 2.45) is 11.7 Å². The number of rotatable bonds is 6. The van der Waals surface area contributed by atoms with Crippen molar-refractivity contribution in [3.05, 3.63) is 11.7 Å². The highest BCUT2D eigenvalue weighted by Gasteiger charge is 2.30. The van der Waals surface area contributed by atoms with Gasteiger partial charge in [0.1, 0.15) is 12.2 Å². The maximum absolute atomic E-state index is 9.60. The minimum absolute atomic E-state index is 0.0738. The molecule has 2 rings (SSSR count). The van der Waals surface area contributed by atoms with Crippen molar-refractivity contribution >= 4 is 0 Å². The van der Waals surface area contributed by atoms with E-state index in [0.717, 1.165) is 12.8 Å². The predicted molar refractivity (Wildman–Crippen MR) is 69.3 cm³/mol. The van der Waals surface area contributed by atoms with Gasteiger partial charge in [0.15, 0.2) is 0 Å². The van der Waals surface area contributed by atoms with Crippen LogP contribution in [0.15, 0.2) is 4.52 Å². The maximum Gasteiger partial charge on any atom is 0.256 e. The van der Waals surface area contributed by atoms with Gasteiger partial charge in [-0.25, -0.2) is 0 Å². The summed E-state index contributed by atoms with van der Waals surface area (Å²) in [5.74, 6) is 1.16. The van der Waals surface area contributed by atoms with E-state index < -0.39 is 6.10 Å². The van der Waals surface area contributed by atoms with Crippen LogP contribution in [0.5, 0.6) is 0 Å². The van der Waals surface area contributed by atoms with Crippen LogP contribution in [0.25, 0.3) is 0 Å². The van der Waals surface area contributed by atoms with Crippen molar-refractivity contribution in [2.75, 3.05) is 13.2 Å². The van der Waals surface area contributed by atoms with Crippen molar-refractivity contribution in [3.8, 4) is 0 Å². The molecular formula is C13H23N3O3. The average Bonchev–Trinajstić information content (AvgIpc) is 2.94. The summed E-state index contributed by atoms with van der Waals surface area (Å²) in [5, 5.41) is 13.6. The molecule has 1 aromatic rings. The van der Waals surface area contributed by atoms with Crippen molar-refractivity contribution in [1.82, 2.24) is 10.1 Å². The van der Waals surface area contributed by atoms with Crippen LogP contribution in [-0.2, 0) is 4.74 Å². The van der Waals surface area contributed by atoms with Gasteiger partial charge in [-0.1, -0.05) is 24.4 Å². The third-order valence-corrected chi connectivity index (χ3v) is 3.64. The molecule has 3 N–H and O–H groups in total. The van der Waals surface area contributed by atoms with E-state index in [4.69, 9.17) is 15.0 Å². The zero-order valence-corrected chi connectivity index (χ0v) is 11.4. The van der Waals surface area contributed by atoms with Crippen molar-refractivity contribution in [2.45, 2.75) is 51.2 Å². The Hall–Kier alpha value is -0.980. The van der Waals surface area contributed by atoms with E-state index in [-0.39, 0.29) is 18.5 Å². The number of ether oxygens (including phenoxy) is 1. The van der Waals surface area contributed by atoms with Crippen molar-refractivity contribution in [1.29, 1.82) is 0 Å². The molecule has 0 spiro atoms. The Morgan fingerprint density at radius 3 is 2.79 bits per heavy atom. The highest BCUT2D eigenvalue weighted by Crippen LogP contribution is 2.35. The second-order valence-electron chi connectivity index (χ2n) is 5.02. The first-order chi connectivity index (χ1) is 9.26. The summed E-state index contributed by atoms with van der Waals surface area (Å²) in [5.41, 5.74) is 5.38. The van der Waals surface area contributed by atoms with E-state index in [1.807, 2.05) is 6.92 Å². The molecule has 0 radical (unpaired) electrons. The van der Waals surface area contributed by atoms with E-state index in [2.05, 4.69) is 10.1 Å². The van der Waals surface area contributed by atoms with Gasteiger partial charge in [-0.15, -0.1) is 0 Å². The third-order valence-electron chi connectivity index (χ3n) is 3.64. The van der Waals surface area contributed by atoms with Crippen LogP contribution >= 0.6 is 0 Å². The van der Waals surface area contributed by atoms with E-state index >= 15 is 0 Å². The highest BCUT2D eigenvalue weighted by molar-refractivity contribution is 4.97. The Balaban J connectivity index is 2.11. The number of aromatic nitrogens is 2. The number of nitrogens with two attached hydrogens (primary N) is 1. The summed E-state index contributed by atoms with van der Waals surface area (Å²) < 4.78 is 10.9. The molecular weight excluding hydrogens is 246 g/mol. The molecule has 0 aliphatic heterocycles. The molecule has 0 amide bonds. The smallest absolute Gasteiger partial charge is 0.256 e. The van der Waals surface area contributed by atoms with Gasteiger partial charge in [-0.3, -0.25) is 0 Å². The highest BCUT2D eigenvalue weighted by atomic mass is 16.5. The molecule has 1 aliphatic rings. The van der Waals surface area contributed by atoms with Crippen LogP contribution in [-0.4, -0.2) is 28.4 Å². The lowest BCUT2D eigenvalue weighted by molar-refractivity contribution is -0.00145. The molecule has 2 atom stereocenters. The molecule has 108 valence electrons. The van der Waals surface area contributed by atoms with Gasteiger partial charge < -0.3 is 20.1 Å². The topological polar surface area (TPSA) is 94.4 Å². The number of aliphatic hydroxyl groups is 1. The molecule has 6 nitrogen and oxygen atoms in total. The predicted octanol–water partition coefficient (Wildman–Crippen LogP) is 1.72. The Kier molecular flexibility index (Phi) is 5.30. The minimum atomic E-state index is -0.894. The normalized spacial score (nSPS) is 20.4. The third kappa shape index (κ3) is 3.52. The molecule has 1 aromatic heterocycles. The molecule has 1 saturated carbocycles. The Morgan fingerprint density at radius 2 is 2.16 bits per heavy atom. The summed E-state index contributed by atoms with van der Waals surface area (Å²) >= 11 is 0. The molecule has 1 fully saturated rings. The molecule has 19 heavy (non-hydrogen) atoms. The molecule has 1 heterocycles. The van der Waals surface area contributed by atoms with Crippen LogP contribution < -0.4 is 5.73 Å². The standard InChI is InChI=1S/C13H23N3O3/c1-2-18-11(9-6-4-3-5-7-9)12-15-13(19-16-12)10(17)8-14/h9-11,17H,2-8,14H2,1H3/t10-,11?/m0/s1. The van der Waals surface area contributed by atoms with Crippen molar-refractivity contribution in [3.63, 3.8) is 0 Å². The van der Waals surface area contributed by atoms with E-state index in [0.29, 0.717) is 18.3 Å². The second-order valence-corrected chi connectivity index (χ2v) is 5.02. The van der Waals surface area contributed by atoms with Crippen LogP contribution in [0.2, 0.25) is 0 Å². The summed E-state index contributed by atoms with van der Waals surface area (Å²) in [4.78, 5) is 4.24. The number of aliphatic hydroxyl groups excluding tert-OH is 1. The Bertz CT molecular complexity index is 377. The molecule has 1 unspecified atom stereocenters. The largest absolute Gasteiger partial charge is 0.382 e. The van der Waals surface area contributed by atoms with E-state index in [9.17, 15) is 5.11 Å². The van der Waals surface area contributed by atoms with E-state index in [1.165, 1.54) is 19.3 Å². The van der Waals surface area contributed by atoms with Gasteiger partial charge in [-0.2, -0.15) is 4.98 Å². The lowest BCUT2D eigenvalue weighted by atomic mass is 9.85. The maximum atomic E-state index is 9.60. The van der Waals surface area contributed by atoms with E-state index in [1.54, 1.807) is 0 Å². The van der Waals surface area contributed by atoms with Crippen LogP contribution in [0, 0.1) is 5.92 Å². The fourth-order valence-corrected chi connectivity index (χ4v) is 2.64. The quantitative estimate of drug-likeness (QED) is 0.816. The Labute approximate surface area is 113 Å². The van der Waals surface area contributed by atoms with Crippen LogP contribution in [0.1, 0.15) is 63.0 Å². The van der Waals surface area contributed by atoms with Gasteiger partial charge in [0, 0.05) is 13.2 Å². The zero-order valence-electron chi connectivity index (χ0n) is 11.4. The van der Waals surface area contributed by atoms with Crippen molar-refractivity contribution < 1.29 is 14.4 Å². The molecule has 6 heteroatoms. The van der Waals surface area contributed by atoms with Gasteiger partial charge in [-0.05, 0) is 25.7 Å². The van der Waals surface area contributed by atoms with Gasteiger partial charge in [0.05, 0.1) is 0 Å². The van der Waals surface area contributed by atoms with Gasteiger partial charge >= 0.3 is 0 Å². The first-order valence-electron chi connectivity index (χ1n) is 7.09. The van der Waals surface area contributed by atoms with Gasteiger partial charge in [0.2, 0.25) is 5.82 Å². The lowest BCUT2D eigenvalue weighted by Gasteiger charge is -2.27. The van der Waals surface area contributed by atoms with Gasteiger partial charge in [0.25, 0.3) is 5.89 Å². The molecule has 0 saturated heterocycles. The first kappa shape index (κ1) is 14.4. The minimum Gasteiger partial charge on any atom is -0.382 e. The number of hydrogen-bond acceptors (Lipinski definition) is 6. The lowest BCUT2D eigenvalue weighted by Crippen LogP contribution is -2.20. The van der Waals surface area contributed by atoms with Crippen LogP contribution in [0.3, 0.4) is 0 Å². The average molecular weight is 269 g/mol. The number of hydrogen-bond donors (Lipinski definition) is 2. The number of nitrogens with zero attached hydrogens (tertiary/aromatic N) is 2. The fraction of sp³-hybridized carbons (Fsp3) is 0.846. The fourth-order valence-electron chi connectivity index (χ4n) is 2.64. The zero-order chi connectivity index (χ0) is 13.7. The SMILES string of the molecule is CCOC(c1noc([C@@H](O)CN)n1)C1CCCCC1. The monoisotopic (exact) mass is 269 g/mol. The van der Waals surface area contributed by atoms with Crippen LogP contribution in [0.4, 0.5) is 0 Å². The second kappa shape index (κ2) is 6.98. The summed E-state index contributed by atoms with van der Waals surface area (Å²) in [7, 11) is 0. The molecule has 1 aliphatic carbocycles. The molecule has 0 aromatic carbocycles. The summed E-state index contributed by atoms with van der Waals surface area (Å²) in [6.45, 7) is 2.65. The summed E-state index contributed by atoms with van der Waals surface area (Å²) in [6, 6.07) is 0.